The van der Waals surface area contributed by atoms with Gasteiger partial charge >= 0.3 is 6.18 Å². The summed E-state index contributed by atoms with van der Waals surface area (Å²) in [5, 5.41) is 0. The predicted octanol–water partition coefficient (Wildman–Crippen LogP) is 1.74. The van der Waals surface area contributed by atoms with Crippen LogP contribution in [0.4, 0.5) is 13.2 Å². The Balaban J connectivity index is 2.11. The lowest BCUT2D eigenvalue weighted by Crippen LogP contribution is -2.29. The van der Waals surface area contributed by atoms with Crippen molar-refractivity contribution in [3.8, 4) is 0 Å². The molecule has 0 saturated carbocycles. The van der Waals surface area contributed by atoms with Crippen LogP contribution in [0, 0.1) is 5.92 Å². The third-order valence-corrected chi connectivity index (χ3v) is 3.48. The van der Waals surface area contributed by atoms with Crippen molar-refractivity contribution in [3.05, 3.63) is 18.2 Å². The van der Waals surface area contributed by atoms with Crippen molar-refractivity contribution in [3.63, 3.8) is 0 Å². The second kappa shape index (κ2) is 5.82. The van der Waals surface area contributed by atoms with Gasteiger partial charge in [-0.25, -0.2) is 4.98 Å². The summed E-state index contributed by atoms with van der Waals surface area (Å²) in [5.74, 6) is -0.430. The number of nitrogens with zero attached hydrogens (tertiary/aromatic N) is 2. The van der Waals surface area contributed by atoms with Gasteiger partial charge < -0.3 is 15.0 Å². The highest BCUT2D eigenvalue weighted by atomic mass is 19.4. The number of imidazole rings is 1. The van der Waals surface area contributed by atoms with Crippen LogP contribution in [0.15, 0.2) is 12.5 Å². The molecule has 2 heterocycles. The number of carbonyl (C=O) groups is 1. The Hall–Kier alpha value is -1.57. The molecule has 1 atom stereocenters. The van der Waals surface area contributed by atoms with E-state index in [4.69, 9.17) is 10.5 Å². The average molecular weight is 291 g/mol. The number of ether oxygens (including phenoxy) is 1. The molecule has 5 nitrogen and oxygen atoms in total. The fraction of sp³-hybridized carbons (Fsp3) is 0.667. The minimum Gasteiger partial charge on any atom is -0.381 e. The first-order valence-electron chi connectivity index (χ1n) is 6.35. The Morgan fingerprint density at radius 3 is 2.65 bits per heavy atom. The quantitative estimate of drug-likeness (QED) is 0.918. The second-order valence-electron chi connectivity index (χ2n) is 4.91. The van der Waals surface area contributed by atoms with E-state index in [9.17, 15) is 18.0 Å². The molecule has 2 N–H and O–H groups in total. The standard InChI is InChI=1S/C12H16F3N3O2/c13-12(14,15)10-6-18(7-17-10)9(11(16)19)5-8-1-3-20-4-2-8/h6-9H,1-5H2,(H2,16,19). The van der Waals surface area contributed by atoms with Crippen LogP contribution in [0.2, 0.25) is 0 Å². The summed E-state index contributed by atoms with van der Waals surface area (Å²) in [7, 11) is 0. The normalized spacial score (nSPS) is 18.9. The van der Waals surface area contributed by atoms with Crippen molar-refractivity contribution in [2.75, 3.05) is 13.2 Å². The van der Waals surface area contributed by atoms with Crippen LogP contribution < -0.4 is 5.73 Å². The SMILES string of the molecule is NC(=O)C(CC1CCOCC1)n1cnc(C(F)(F)F)c1. The first-order valence-corrected chi connectivity index (χ1v) is 6.35. The molecule has 2 rings (SSSR count). The largest absolute Gasteiger partial charge is 0.434 e. The van der Waals surface area contributed by atoms with Crippen molar-refractivity contribution < 1.29 is 22.7 Å². The van der Waals surface area contributed by atoms with Gasteiger partial charge in [0, 0.05) is 19.4 Å². The summed E-state index contributed by atoms with van der Waals surface area (Å²) in [4.78, 5) is 14.8. The van der Waals surface area contributed by atoms with E-state index in [2.05, 4.69) is 4.98 Å². The highest BCUT2D eigenvalue weighted by molar-refractivity contribution is 5.78. The molecular formula is C12H16F3N3O2. The monoisotopic (exact) mass is 291 g/mol. The molecule has 1 aromatic heterocycles. The maximum absolute atomic E-state index is 12.5. The van der Waals surface area contributed by atoms with Gasteiger partial charge in [-0.05, 0) is 25.2 Å². The Labute approximate surface area is 113 Å². The topological polar surface area (TPSA) is 70.1 Å². The molecule has 0 radical (unpaired) electrons. The Morgan fingerprint density at radius 2 is 2.15 bits per heavy atom. The summed E-state index contributed by atoms with van der Waals surface area (Å²) in [6, 6.07) is -0.804. The average Bonchev–Trinajstić information content (AvgIpc) is 2.86. The lowest BCUT2D eigenvalue weighted by Gasteiger charge is -2.25. The van der Waals surface area contributed by atoms with Crippen molar-refractivity contribution in [2.45, 2.75) is 31.5 Å². The number of hydrogen-bond acceptors (Lipinski definition) is 3. The Bertz CT molecular complexity index is 467. The van der Waals surface area contributed by atoms with E-state index >= 15 is 0 Å². The highest BCUT2D eigenvalue weighted by Crippen LogP contribution is 2.30. The molecule has 1 aromatic rings. The predicted molar refractivity (Wildman–Crippen MR) is 63.6 cm³/mol. The van der Waals surface area contributed by atoms with Crippen LogP contribution in [0.5, 0.6) is 0 Å². The smallest absolute Gasteiger partial charge is 0.381 e. The molecule has 1 amide bonds. The number of aromatic nitrogens is 2. The number of hydrogen-bond donors (Lipinski definition) is 1. The molecule has 1 aliphatic heterocycles. The number of alkyl halides is 3. The van der Waals surface area contributed by atoms with Crippen LogP contribution in [-0.4, -0.2) is 28.7 Å². The molecule has 1 fully saturated rings. The first-order chi connectivity index (χ1) is 9.38. The third kappa shape index (κ3) is 3.50. The summed E-state index contributed by atoms with van der Waals surface area (Å²) in [5.41, 5.74) is 4.29. The van der Waals surface area contributed by atoms with Crippen LogP contribution in [0.3, 0.4) is 0 Å². The summed E-state index contributed by atoms with van der Waals surface area (Å²) in [6.07, 6.45) is -0.708. The molecule has 1 unspecified atom stereocenters. The van der Waals surface area contributed by atoms with E-state index in [0.29, 0.717) is 19.6 Å². The fourth-order valence-corrected chi connectivity index (χ4v) is 2.34. The molecule has 1 aliphatic rings. The number of rotatable bonds is 4. The molecule has 0 aliphatic carbocycles. The van der Waals surface area contributed by atoms with Gasteiger partial charge in [0.1, 0.15) is 6.04 Å². The van der Waals surface area contributed by atoms with Crippen LogP contribution in [0.1, 0.15) is 31.0 Å². The van der Waals surface area contributed by atoms with Gasteiger partial charge in [0.2, 0.25) is 5.91 Å². The van der Waals surface area contributed by atoms with Gasteiger partial charge in [-0.15, -0.1) is 0 Å². The van der Waals surface area contributed by atoms with E-state index in [0.717, 1.165) is 29.9 Å². The molecule has 0 aromatic carbocycles. The zero-order valence-electron chi connectivity index (χ0n) is 10.8. The van der Waals surface area contributed by atoms with Gasteiger partial charge in [-0.3, -0.25) is 4.79 Å². The zero-order valence-corrected chi connectivity index (χ0v) is 10.8. The fourth-order valence-electron chi connectivity index (χ4n) is 2.34. The second-order valence-corrected chi connectivity index (χ2v) is 4.91. The van der Waals surface area contributed by atoms with Crippen molar-refractivity contribution in [1.29, 1.82) is 0 Å². The number of amides is 1. The molecule has 0 spiro atoms. The number of halogens is 3. The van der Waals surface area contributed by atoms with Gasteiger partial charge in [0.25, 0.3) is 0 Å². The molecule has 8 heteroatoms. The molecule has 1 saturated heterocycles. The summed E-state index contributed by atoms with van der Waals surface area (Å²) in [6.45, 7) is 1.21. The minimum atomic E-state index is -4.52. The van der Waals surface area contributed by atoms with Crippen molar-refractivity contribution >= 4 is 5.91 Å². The van der Waals surface area contributed by atoms with E-state index < -0.39 is 23.8 Å². The van der Waals surface area contributed by atoms with E-state index in [1.165, 1.54) is 0 Å². The maximum Gasteiger partial charge on any atom is 0.434 e. The van der Waals surface area contributed by atoms with Gasteiger partial charge in [-0.2, -0.15) is 13.2 Å². The third-order valence-electron chi connectivity index (χ3n) is 3.48. The Kier molecular flexibility index (Phi) is 4.32. The number of nitrogens with two attached hydrogens (primary N) is 1. The van der Waals surface area contributed by atoms with Crippen LogP contribution >= 0.6 is 0 Å². The lowest BCUT2D eigenvalue weighted by molar-refractivity contribution is -0.141. The van der Waals surface area contributed by atoms with E-state index in [1.807, 2.05) is 0 Å². The van der Waals surface area contributed by atoms with E-state index in [1.54, 1.807) is 0 Å². The molecule has 0 bridgehead atoms. The zero-order chi connectivity index (χ0) is 14.8. The van der Waals surface area contributed by atoms with Gasteiger partial charge in [0.15, 0.2) is 5.69 Å². The minimum absolute atomic E-state index is 0.220. The van der Waals surface area contributed by atoms with Crippen molar-refractivity contribution in [1.82, 2.24) is 9.55 Å². The van der Waals surface area contributed by atoms with Crippen LogP contribution in [0.25, 0.3) is 0 Å². The Morgan fingerprint density at radius 1 is 1.50 bits per heavy atom. The van der Waals surface area contributed by atoms with Crippen LogP contribution in [-0.2, 0) is 15.7 Å². The first kappa shape index (κ1) is 14.8. The molecule has 112 valence electrons. The van der Waals surface area contributed by atoms with Gasteiger partial charge in [-0.1, -0.05) is 0 Å². The van der Waals surface area contributed by atoms with Crippen molar-refractivity contribution in [2.24, 2.45) is 11.7 Å². The summed E-state index contributed by atoms with van der Waals surface area (Å²) < 4.78 is 43.9. The number of primary amides is 1. The molecular weight excluding hydrogens is 275 g/mol. The number of carbonyl (C=O) groups excluding carboxylic acids is 1. The highest BCUT2D eigenvalue weighted by Gasteiger charge is 2.35. The van der Waals surface area contributed by atoms with E-state index in [-0.39, 0.29) is 5.92 Å². The molecule has 20 heavy (non-hydrogen) atoms. The van der Waals surface area contributed by atoms with Gasteiger partial charge in [0.05, 0.1) is 6.33 Å². The maximum atomic E-state index is 12.5. The lowest BCUT2D eigenvalue weighted by atomic mass is 9.92. The summed E-state index contributed by atoms with van der Waals surface area (Å²) >= 11 is 0.